The van der Waals surface area contributed by atoms with Gasteiger partial charge in [-0.1, -0.05) is 0 Å². The number of pyridine rings is 1. The van der Waals surface area contributed by atoms with Crippen LogP contribution in [0.15, 0.2) is 17.1 Å². The minimum atomic E-state index is -0.485. The third-order valence-corrected chi connectivity index (χ3v) is 3.33. The Bertz CT molecular complexity index is 620. The Morgan fingerprint density at radius 2 is 1.96 bits per heavy atom. The van der Waals surface area contributed by atoms with E-state index in [2.05, 4.69) is 20.5 Å². The monoisotopic (exact) mass is 322 g/mol. The summed E-state index contributed by atoms with van der Waals surface area (Å²) in [5.74, 6) is -0.722. The number of aromatic amines is 1. The second-order valence-electron chi connectivity index (χ2n) is 6.56. The highest BCUT2D eigenvalue weighted by molar-refractivity contribution is 5.96. The summed E-state index contributed by atoms with van der Waals surface area (Å²) >= 11 is 0. The molecule has 1 heterocycles. The molecule has 0 unspecified atom stereocenters. The Kier molecular flexibility index (Phi) is 6.50. The maximum Gasteiger partial charge on any atom is 0.260 e. The standard InChI is InChI=1S/C16H26N4O3/c1-11(21)18-12-9-13(14(22)17-10-12)15(23)19-16(2,3)7-6-8-20(4)5/h9-10H,6-8H2,1-5H3,(H,17,22)(H,18,21)(H,19,23). The summed E-state index contributed by atoms with van der Waals surface area (Å²) in [4.78, 5) is 39.8. The molecule has 1 rings (SSSR count). The van der Waals surface area contributed by atoms with E-state index >= 15 is 0 Å². The number of hydrogen-bond donors (Lipinski definition) is 3. The van der Waals surface area contributed by atoms with Crippen molar-refractivity contribution in [3.63, 3.8) is 0 Å². The maximum atomic E-state index is 12.4. The van der Waals surface area contributed by atoms with Crippen molar-refractivity contribution in [1.29, 1.82) is 0 Å². The summed E-state index contributed by atoms with van der Waals surface area (Å²) < 4.78 is 0. The van der Waals surface area contributed by atoms with Crippen molar-refractivity contribution in [3.8, 4) is 0 Å². The smallest absolute Gasteiger partial charge is 0.260 e. The van der Waals surface area contributed by atoms with Crippen LogP contribution >= 0.6 is 0 Å². The fourth-order valence-electron chi connectivity index (χ4n) is 2.20. The van der Waals surface area contributed by atoms with E-state index < -0.39 is 17.0 Å². The van der Waals surface area contributed by atoms with E-state index in [-0.39, 0.29) is 11.5 Å². The van der Waals surface area contributed by atoms with Crippen LogP contribution in [0.2, 0.25) is 0 Å². The molecule has 2 amide bonds. The molecule has 7 nitrogen and oxygen atoms in total. The number of aromatic nitrogens is 1. The molecule has 0 atom stereocenters. The predicted molar refractivity (Wildman–Crippen MR) is 90.7 cm³/mol. The van der Waals surface area contributed by atoms with Crippen molar-refractivity contribution in [2.75, 3.05) is 26.0 Å². The number of nitrogens with one attached hydrogen (secondary N) is 3. The lowest BCUT2D eigenvalue weighted by molar-refractivity contribution is -0.114. The molecule has 0 saturated heterocycles. The van der Waals surface area contributed by atoms with E-state index in [0.29, 0.717) is 5.69 Å². The van der Waals surface area contributed by atoms with Gasteiger partial charge in [0.2, 0.25) is 5.91 Å². The van der Waals surface area contributed by atoms with Crippen LogP contribution in [0.1, 0.15) is 44.0 Å². The Balaban J connectivity index is 2.80. The van der Waals surface area contributed by atoms with Gasteiger partial charge in [-0.05, 0) is 53.4 Å². The molecule has 0 saturated carbocycles. The Labute approximate surface area is 136 Å². The molecule has 0 aliphatic heterocycles. The Hall–Kier alpha value is -2.15. The van der Waals surface area contributed by atoms with Gasteiger partial charge in [0.25, 0.3) is 11.5 Å². The zero-order valence-corrected chi connectivity index (χ0v) is 14.4. The van der Waals surface area contributed by atoms with Gasteiger partial charge in [-0.25, -0.2) is 0 Å². The summed E-state index contributed by atoms with van der Waals surface area (Å²) in [5.41, 5.74) is -0.547. The summed E-state index contributed by atoms with van der Waals surface area (Å²) in [7, 11) is 4.00. The molecule has 128 valence electrons. The van der Waals surface area contributed by atoms with Gasteiger partial charge >= 0.3 is 0 Å². The number of anilines is 1. The number of amides is 2. The summed E-state index contributed by atoms with van der Waals surface area (Å²) in [6.07, 6.45) is 3.09. The normalized spacial score (nSPS) is 11.4. The van der Waals surface area contributed by atoms with Crippen LogP contribution in [-0.2, 0) is 4.79 Å². The van der Waals surface area contributed by atoms with Crippen molar-refractivity contribution < 1.29 is 9.59 Å². The quantitative estimate of drug-likeness (QED) is 0.703. The minimum absolute atomic E-state index is 0.0167. The van der Waals surface area contributed by atoms with Crippen molar-refractivity contribution in [3.05, 3.63) is 28.2 Å². The van der Waals surface area contributed by atoms with Gasteiger partial charge in [0.1, 0.15) is 5.56 Å². The first kappa shape index (κ1) is 18.9. The Morgan fingerprint density at radius 1 is 1.30 bits per heavy atom. The van der Waals surface area contributed by atoms with Gasteiger partial charge in [-0.2, -0.15) is 0 Å². The number of carbonyl (C=O) groups is 2. The van der Waals surface area contributed by atoms with Crippen LogP contribution in [0.25, 0.3) is 0 Å². The lowest BCUT2D eigenvalue weighted by Gasteiger charge is -2.27. The molecule has 0 aromatic carbocycles. The van der Waals surface area contributed by atoms with Crippen LogP contribution in [0.4, 0.5) is 5.69 Å². The third-order valence-electron chi connectivity index (χ3n) is 3.33. The summed E-state index contributed by atoms with van der Waals surface area (Å²) in [5, 5.41) is 5.42. The second-order valence-corrected chi connectivity index (χ2v) is 6.56. The molecule has 0 spiro atoms. The first-order chi connectivity index (χ1) is 10.6. The van der Waals surface area contributed by atoms with Gasteiger partial charge < -0.3 is 20.5 Å². The van der Waals surface area contributed by atoms with Gasteiger partial charge in [0, 0.05) is 18.7 Å². The summed E-state index contributed by atoms with van der Waals surface area (Å²) in [6.45, 7) is 6.13. The van der Waals surface area contributed by atoms with E-state index in [1.54, 1.807) is 0 Å². The molecular weight excluding hydrogens is 296 g/mol. The van der Waals surface area contributed by atoms with Gasteiger partial charge in [-0.15, -0.1) is 0 Å². The van der Waals surface area contributed by atoms with Crippen LogP contribution < -0.4 is 16.2 Å². The summed E-state index contributed by atoms with van der Waals surface area (Å²) in [6, 6.07) is 1.38. The molecule has 3 N–H and O–H groups in total. The molecule has 1 aromatic heterocycles. The number of nitrogens with zero attached hydrogens (tertiary/aromatic N) is 1. The highest BCUT2D eigenvalue weighted by Crippen LogP contribution is 2.13. The molecule has 1 aromatic rings. The SMILES string of the molecule is CC(=O)Nc1c[nH]c(=O)c(C(=O)NC(C)(C)CCCN(C)C)c1. The van der Waals surface area contributed by atoms with Gasteiger partial charge in [-0.3, -0.25) is 14.4 Å². The molecule has 0 bridgehead atoms. The van der Waals surface area contributed by atoms with Crippen LogP contribution in [0, 0.1) is 0 Å². The third kappa shape index (κ3) is 6.65. The molecular formula is C16H26N4O3. The molecule has 0 aliphatic rings. The molecule has 0 fully saturated rings. The van der Waals surface area contributed by atoms with E-state index in [1.807, 2.05) is 27.9 Å². The lowest BCUT2D eigenvalue weighted by atomic mass is 9.97. The van der Waals surface area contributed by atoms with Crippen molar-refractivity contribution in [2.24, 2.45) is 0 Å². The number of hydrogen-bond acceptors (Lipinski definition) is 4. The lowest BCUT2D eigenvalue weighted by Crippen LogP contribution is -2.45. The zero-order valence-electron chi connectivity index (χ0n) is 14.4. The Morgan fingerprint density at radius 3 is 2.52 bits per heavy atom. The minimum Gasteiger partial charge on any atom is -0.347 e. The number of carbonyl (C=O) groups excluding carboxylic acids is 2. The van der Waals surface area contributed by atoms with Gasteiger partial charge in [0.05, 0.1) is 5.69 Å². The first-order valence-electron chi connectivity index (χ1n) is 7.58. The molecule has 7 heteroatoms. The predicted octanol–water partition coefficient (Wildman–Crippen LogP) is 1.18. The molecule has 0 aliphatic carbocycles. The largest absolute Gasteiger partial charge is 0.347 e. The number of rotatable bonds is 7. The highest BCUT2D eigenvalue weighted by Gasteiger charge is 2.22. The second kappa shape index (κ2) is 7.92. The maximum absolute atomic E-state index is 12.4. The van der Waals surface area contributed by atoms with Crippen molar-refractivity contribution in [1.82, 2.24) is 15.2 Å². The molecule has 0 radical (unpaired) electrons. The number of H-pyrrole nitrogens is 1. The van der Waals surface area contributed by atoms with E-state index in [9.17, 15) is 14.4 Å². The van der Waals surface area contributed by atoms with Gasteiger partial charge in [0.15, 0.2) is 0 Å². The van der Waals surface area contributed by atoms with Crippen LogP contribution in [0.5, 0.6) is 0 Å². The highest BCUT2D eigenvalue weighted by atomic mass is 16.2. The van der Waals surface area contributed by atoms with E-state index in [4.69, 9.17) is 0 Å². The average molecular weight is 322 g/mol. The van der Waals surface area contributed by atoms with Crippen molar-refractivity contribution >= 4 is 17.5 Å². The fourth-order valence-corrected chi connectivity index (χ4v) is 2.20. The molecule has 23 heavy (non-hydrogen) atoms. The topological polar surface area (TPSA) is 94.3 Å². The fraction of sp³-hybridized carbons (Fsp3) is 0.562. The van der Waals surface area contributed by atoms with Crippen LogP contribution in [-0.4, -0.2) is 47.9 Å². The zero-order chi connectivity index (χ0) is 17.6. The van der Waals surface area contributed by atoms with Crippen molar-refractivity contribution in [2.45, 2.75) is 39.2 Å². The van der Waals surface area contributed by atoms with E-state index in [1.165, 1.54) is 19.2 Å². The van der Waals surface area contributed by atoms with E-state index in [0.717, 1.165) is 19.4 Å². The van der Waals surface area contributed by atoms with Crippen LogP contribution in [0.3, 0.4) is 0 Å². The first-order valence-corrected chi connectivity index (χ1v) is 7.58. The average Bonchev–Trinajstić information content (AvgIpc) is 2.39.